The maximum Gasteiger partial charge on any atom is 0.0587 e. The summed E-state index contributed by atoms with van der Waals surface area (Å²) >= 11 is 0. The van der Waals surface area contributed by atoms with Gasteiger partial charge in [0.15, 0.2) is 0 Å². The third kappa shape index (κ3) is 11.9. The van der Waals surface area contributed by atoms with Crippen LogP contribution in [0.1, 0.15) is 51.9 Å². The number of rotatable bonds is 11. The van der Waals surface area contributed by atoms with Crippen LogP contribution in [0.5, 0.6) is 0 Å². The monoisotopic (exact) mass is 201 g/mol. The summed E-state index contributed by atoms with van der Waals surface area (Å²) in [5.41, 5.74) is 0. The van der Waals surface area contributed by atoms with Gasteiger partial charge in [0, 0.05) is 13.7 Å². The molecule has 2 heteroatoms. The Morgan fingerprint density at radius 1 is 0.857 bits per heavy atom. The Balaban J connectivity index is 2.78. The SMILES string of the molecule is CCCCCCCCCNCCOC. The fraction of sp³-hybridized carbons (Fsp3) is 1.00. The molecular weight excluding hydrogens is 174 g/mol. The third-order valence-electron chi connectivity index (χ3n) is 2.44. The molecule has 0 aliphatic carbocycles. The standard InChI is InChI=1S/C12H27NO/c1-3-4-5-6-7-8-9-10-13-11-12-14-2/h13H,3-12H2,1-2H3. The summed E-state index contributed by atoms with van der Waals surface area (Å²) in [5.74, 6) is 0. The van der Waals surface area contributed by atoms with Gasteiger partial charge in [-0.05, 0) is 13.0 Å². The minimum Gasteiger partial charge on any atom is -0.383 e. The lowest BCUT2D eigenvalue weighted by atomic mass is 10.1. The zero-order valence-corrected chi connectivity index (χ0v) is 9.98. The van der Waals surface area contributed by atoms with Crippen molar-refractivity contribution in [1.82, 2.24) is 5.32 Å². The Bertz CT molecular complexity index is 84.3. The van der Waals surface area contributed by atoms with Crippen LogP contribution >= 0.6 is 0 Å². The lowest BCUT2D eigenvalue weighted by Gasteiger charge is -2.03. The maximum atomic E-state index is 4.95. The predicted molar refractivity (Wildman–Crippen MR) is 62.7 cm³/mol. The van der Waals surface area contributed by atoms with Crippen LogP contribution in [-0.2, 0) is 4.74 Å². The van der Waals surface area contributed by atoms with E-state index < -0.39 is 0 Å². The van der Waals surface area contributed by atoms with Crippen molar-refractivity contribution in [2.45, 2.75) is 51.9 Å². The molecule has 0 aliphatic heterocycles. The smallest absolute Gasteiger partial charge is 0.0587 e. The highest BCUT2D eigenvalue weighted by molar-refractivity contribution is 4.49. The van der Waals surface area contributed by atoms with Crippen molar-refractivity contribution in [3.63, 3.8) is 0 Å². The number of methoxy groups -OCH3 is 1. The van der Waals surface area contributed by atoms with Crippen LogP contribution in [0.4, 0.5) is 0 Å². The number of hydrogen-bond acceptors (Lipinski definition) is 2. The average molecular weight is 201 g/mol. The molecule has 0 fully saturated rings. The van der Waals surface area contributed by atoms with Crippen molar-refractivity contribution in [3.8, 4) is 0 Å². The molecule has 14 heavy (non-hydrogen) atoms. The van der Waals surface area contributed by atoms with Gasteiger partial charge >= 0.3 is 0 Å². The second-order valence-corrected chi connectivity index (χ2v) is 3.86. The highest BCUT2D eigenvalue weighted by Gasteiger charge is 1.90. The van der Waals surface area contributed by atoms with Crippen LogP contribution in [0, 0.1) is 0 Å². The van der Waals surface area contributed by atoms with E-state index in [4.69, 9.17) is 4.74 Å². The number of ether oxygens (including phenoxy) is 1. The molecule has 0 aromatic heterocycles. The minimum absolute atomic E-state index is 0.830. The minimum atomic E-state index is 0.830. The molecular formula is C12H27NO. The summed E-state index contributed by atoms with van der Waals surface area (Å²) in [4.78, 5) is 0. The van der Waals surface area contributed by atoms with Gasteiger partial charge in [-0.2, -0.15) is 0 Å². The molecule has 0 saturated heterocycles. The van der Waals surface area contributed by atoms with E-state index in [-0.39, 0.29) is 0 Å². The first-order chi connectivity index (χ1) is 6.91. The van der Waals surface area contributed by atoms with Gasteiger partial charge in [0.1, 0.15) is 0 Å². The first-order valence-corrected chi connectivity index (χ1v) is 6.11. The molecule has 0 bridgehead atoms. The zero-order chi connectivity index (χ0) is 10.5. The largest absolute Gasteiger partial charge is 0.383 e. The van der Waals surface area contributed by atoms with E-state index in [1.807, 2.05) is 0 Å². The first-order valence-electron chi connectivity index (χ1n) is 6.11. The quantitative estimate of drug-likeness (QED) is 0.519. The zero-order valence-electron chi connectivity index (χ0n) is 9.98. The van der Waals surface area contributed by atoms with Crippen molar-refractivity contribution >= 4 is 0 Å². The Hall–Kier alpha value is -0.0800. The molecule has 0 saturated carbocycles. The van der Waals surface area contributed by atoms with Crippen molar-refractivity contribution in [2.75, 3.05) is 26.8 Å². The van der Waals surface area contributed by atoms with Gasteiger partial charge in [0.25, 0.3) is 0 Å². The fourth-order valence-electron chi connectivity index (χ4n) is 1.51. The molecule has 0 aromatic carbocycles. The normalized spacial score (nSPS) is 10.7. The van der Waals surface area contributed by atoms with Crippen molar-refractivity contribution in [3.05, 3.63) is 0 Å². The molecule has 0 aromatic rings. The van der Waals surface area contributed by atoms with Gasteiger partial charge in [-0.25, -0.2) is 0 Å². The highest BCUT2D eigenvalue weighted by atomic mass is 16.5. The summed E-state index contributed by atoms with van der Waals surface area (Å²) in [6, 6.07) is 0. The Kier molecular flexibility index (Phi) is 12.8. The molecule has 0 radical (unpaired) electrons. The molecule has 2 nitrogen and oxygen atoms in total. The van der Waals surface area contributed by atoms with Crippen molar-refractivity contribution in [1.29, 1.82) is 0 Å². The number of hydrogen-bond donors (Lipinski definition) is 1. The Morgan fingerprint density at radius 3 is 2.14 bits per heavy atom. The molecule has 1 N–H and O–H groups in total. The molecule has 86 valence electrons. The van der Waals surface area contributed by atoms with Crippen molar-refractivity contribution < 1.29 is 4.74 Å². The van der Waals surface area contributed by atoms with E-state index in [1.54, 1.807) is 7.11 Å². The summed E-state index contributed by atoms with van der Waals surface area (Å²) in [5, 5.41) is 3.36. The lowest BCUT2D eigenvalue weighted by molar-refractivity contribution is 0.199. The van der Waals surface area contributed by atoms with Gasteiger partial charge in [-0.1, -0.05) is 45.4 Å². The summed E-state index contributed by atoms with van der Waals surface area (Å²) < 4.78 is 4.95. The molecule has 0 spiro atoms. The van der Waals surface area contributed by atoms with Crippen LogP contribution in [0.3, 0.4) is 0 Å². The van der Waals surface area contributed by atoms with Crippen molar-refractivity contribution in [2.24, 2.45) is 0 Å². The van der Waals surface area contributed by atoms with Gasteiger partial charge in [0.05, 0.1) is 6.61 Å². The highest BCUT2D eigenvalue weighted by Crippen LogP contribution is 2.05. The first kappa shape index (κ1) is 13.9. The van der Waals surface area contributed by atoms with E-state index >= 15 is 0 Å². The molecule has 0 amide bonds. The average Bonchev–Trinajstić information content (AvgIpc) is 2.21. The van der Waals surface area contributed by atoms with Crippen LogP contribution in [0.2, 0.25) is 0 Å². The van der Waals surface area contributed by atoms with Gasteiger partial charge in [-0.3, -0.25) is 0 Å². The Labute approximate surface area is 89.4 Å². The predicted octanol–water partition coefficient (Wildman–Crippen LogP) is 2.97. The topological polar surface area (TPSA) is 21.3 Å². The fourth-order valence-corrected chi connectivity index (χ4v) is 1.51. The summed E-state index contributed by atoms with van der Waals surface area (Å²) in [6.45, 7) is 5.24. The second kappa shape index (κ2) is 12.9. The van der Waals surface area contributed by atoms with E-state index in [2.05, 4.69) is 12.2 Å². The molecule has 0 unspecified atom stereocenters. The molecule has 0 aliphatic rings. The molecule has 0 atom stereocenters. The van der Waals surface area contributed by atoms with Gasteiger partial charge in [0.2, 0.25) is 0 Å². The lowest BCUT2D eigenvalue weighted by Crippen LogP contribution is -2.20. The van der Waals surface area contributed by atoms with E-state index in [0.29, 0.717) is 0 Å². The van der Waals surface area contributed by atoms with Gasteiger partial charge < -0.3 is 10.1 Å². The van der Waals surface area contributed by atoms with Crippen LogP contribution in [0.25, 0.3) is 0 Å². The summed E-state index contributed by atoms with van der Waals surface area (Å²) in [6.07, 6.45) is 9.70. The third-order valence-corrected chi connectivity index (χ3v) is 2.44. The van der Waals surface area contributed by atoms with Crippen LogP contribution in [0.15, 0.2) is 0 Å². The maximum absolute atomic E-state index is 4.95. The number of unbranched alkanes of at least 4 members (excludes halogenated alkanes) is 6. The van der Waals surface area contributed by atoms with E-state index in [9.17, 15) is 0 Å². The van der Waals surface area contributed by atoms with Gasteiger partial charge in [-0.15, -0.1) is 0 Å². The van der Waals surface area contributed by atoms with Crippen LogP contribution in [-0.4, -0.2) is 26.8 Å². The van der Waals surface area contributed by atoms with Crippen LogP contribution < -0.4 is 5.32 Å². The molecule has 0 heterocycles. The summed E-state index contributed by atoms with van der Waals surface area (Å²) in [7, 11) is 1.75. The Morgan fingerprint density at radius 2 is 1.50 bits per heavy atom. The number of nitrogens with one attached hydrogen (secondary N) is 1. The molecule has 0 rings (SSSR count). The van der Waals surface area contributed by atoms with E-state index in [1.165, 1.54) is 44.9 Å². The van der Waals surface area contributed by atoms with E-state index in [0.717, 1.165) is 19.7 Å². The second-order valence-electron chi connectivity index (χ2n) is 3.86.